The van der Waals surface area contributed by atoms with Gasteiger partial charge in [0.15, 0.2) is 0 Å². The normalized spacial score (nSPS) is 22.6. The maximum atomic E-state index is 12.2. The number of anilines is 2. The van der Waals surface area contributed by atoms with Gasteiger partial charge in [0, 0.05) is 17.8 Å². The molecule has 0 spiro atoms. The van der Waals surface area contributed by atoms with E-state index in [1.165, 1.54) is 6.42 Å². The van der Waals surface area contributed by atoms with Gasteiger partial charge in [0.2, 0.25) is 0 Å². The maximum absolute atomic E-state index is 12.2. The van der Waals surface area contributed by atoms with Gasteiger partial charge in [-0.05, 0) is 58.2 Å². The van der Waals surface area contributed by atoms with Crippen molar-refractivity contribution in [1.82, 2.24) is 0 Å². The van der Waals surface area contributed by atoms with Gasteiger partial charge in [0.05, 0.1) is 17.9 Å². The average molecular weight is 276 g/mol. The summed E-state index contributed by atoms with van der Waals surface area (Å²) >= 11 is 0. The number of nitrogens with zero attached hydrogens (tertiary/aromatic N) is 1. The molecule has 1 fully saturated rings. The fourth-order valence-electron chi connectivity index (χ4n) is 3.05. The zero-order valence-electron chi connectivity index (χ0n) is 12.6. The molecule has 4 nitrogen and oxygen atoms in total. The first-order valence-electron chi connectivity index (χ1n) is 7.39. The topological polar surface area (TPSA) is 55.6 Å². The number of piperidine rings is 1. The summed E-state index contributed by atoms with van der Waals surface area (Å²) in [5, 5.41) is 0. The van der Waals surface area contributed by atoms with E-state index in [2.05, 4.69) is 18.7 Å². The van der Waals surface area contributed by atoms with Crippen LogP contribution in [0.1, 0.15) is 50.4 Å². The van der Waals surface area contributed by atoms with E-state index >= 15 is 0 Å². The highest BCUT2D eigenvalue weighted by molar-refractivity contribution is 5.97. The van der Waals surface area contributed by atoms with Gasteiger partial charge in [-0.3, -0.25) is 0 Å². The van der Waals surface area contributed by atoms with Crippen molar-refractivity contribution < 1.29 is 9.53 Å². The third kappa shape index (κ3) is 2.89. The zero-order valence-corrected chi connectivity index (χ0v) is 12.6. The second-order valence-electron chi connectivity index (χ2n) is 5.53. The number of rotatable bonds is 3. The average Bonchev–Trinajstić information content (AvgIpc) is 2.40. The van der Waals surface area contributed by atoms with Crippen molar-refractivity contribution in [3.8, 4) is 0 Å². The fraction of sp³-hybridized carbons (Fsp3) is 0.562. The summed E-state index contributed by atoms with van der Waals surface area (Å²) < 4.78 is 5.16. The standard InChI is InChI=1S/C16H24N2O2/c1-4-20-16(19)14-10-13(17)8-9-15(14)18-11(2)6-5-7-12(18)3/h8-12H,4-7,17H2,1-3H3. The Kier molecular flexibility index (Phi) is 4.53. The molecule has 0 aliphatic carbocycles. The molecule has 0 aromatic heterocycles. The Labute approximate surface area is 120 Å². The smallest absolute Gasteiger partial charge is 0.340 e. The largest absolute Gasteiger partial charge is 0.462 e. The predicted octanol–water partition coefficient (Wildman–Crippen LogP) is 3.21. The van der Waals surface area contributed by atoms with Crippen LogP contribution in [-0.2, 0) is 4.74 Å². The van der Waals surface area contributed by atoms with Crippen LogP contribution in [0.2, 0.25) is 0 Å². The van der Waals surface area contributed by atoms with Crippen LogP contribution in [0.3, 0.4) is 0 Å². The summed E-state index contributed by atoms with van der Waals surface area (Å²) in [5.41, 5.74) is 7.94. The molecule has 1 aromatic carbocycles. The first-order valence-corrected chi connectivity index (χ1v) is 7.39. The Balaban J connectivity index is 2.41. The van der Waals surface area contributed by atoms with E-state index < -0.39 is 0 Å². The zero-order chi connectivity index (χ0) is 14.7. The number of nitrogens with two attached hydrogens (primary N) is 1. The van der Waals surface area contributed by atoms with Crippen LogP contribution in [0.25, 0.3) is 0 Å². The first-order chi connectivity index (χ1) is 9.54. The maximum Gasteiger partial charge on any atom is 0.340 e. The van der Waals surface area contributed by atoms with Crippen molar-refractivity contribution in [2.45, 2.75) is 52.1 Å². The molecule has 4 heteroatoms. The van der Waals surface area contributed by atoms with E-state index in [0.29, 0.717) is 29.9 Å². The number of benzene rings is 1. The molecular weight excluding hydrogens is 252 g/mol. The Morgan fingerprint density at radius 3 is 2.60 bits per heavy atom. The molecule has 1 saturated heterocycles. The number of esters is 1. The third-order valence-corrected chi connectivity index (χ3v) is 3.99. The molecule has 0 saturated carbocycles. The Morgan fingerprint density at radius 1 is 1.35 bits per heavy atom. The van der Waals surface area contributed by atoms with Crippen molar-refractivity contribution in [3.05, 3.63) is 23.8 Å². The third-order valence-electron chi connectivity index (χ3n) is 3.99. The summed E-state index contributed by atoms with van der Waals surface area (Å²) in [6.45, 7) is 6.61. The van der Waals surface area contributed by atoms with E-state index in [-0.39, 0.29) is 5.97 Å². The molecule has 20 heavy (non-hydrogen) atoms. The van der Waals surface area contributed by atoms with E-state index in [1.807, 2.05) is 19.1 Å². The SMILES string of the molecule is CCOC(=O)c1cc(N)ccc1N1C(C)CCCC1C. The summed E-state index contributed by atoms with van der Waals surface area (Å²) in [6, 6.07) is 6.37. The number of nitrogen functional groups attached to an aromatic ring is 1. The van der Waals surface area contributed by atoms with Crippen LogP contribution in [0.15, 0.2) is 18.2 Å². The van der Waals surface area contributed by atoms with Crippen LogP contribution >= 0.6 is 0 Å². The molecule has 1 aliphatic rings. The molecule has 2 unspecified atom stereocenters. The molecule has 2 N–H and O–H groups in total. The highest BCUT2D eigenvalue weighted by atomic mass is 16.5. The van der Waals surface area contributed by atoms with Crippen molar-refractivity contribution in [2.75, 3.05) is 17.2 Å². The highest BCUT2D eigenvalue weighted by Gasteiger charge is 2.28. The van der Waals surface area contributed by atoms with Gasteiger partial charge in [-0.15, -0.1) is 0 Å². The van der Waals surface area contributed by atoms with Crippen LogP contribution in [0.4, 0.5) is 11.4 Å². The van der Waals surface area contributed by atoms with Crippen molar-refractivity contribution in [1.29, 1.82) is 0 Å². The molecular formula is C16H24N2O2. The lowest BCUT2D eigenvalue weighted by Gasteiger charge is -2.41. The van der Waals surface area contributed by atoms with Crippen LogP contribution in [0, 0.1) is 0 Å². The van der Waals surface area contributed by atoms with Crippen molar-refractivity contribution >= 4 is 17.3 Å². The first kappa shape index (κ1) is 14.7. The Hall–Kier alpha value is -1.71. The molecule has 2 rings (SSSR count). The van der Waals surface area contributed by atoms with Gasteiger partial charge in [-0.2, -0.15) is 0 Å². The minimum absolute atomic E-state index is 0.292. The Morgan fingerprint density at radius 2 is 2.00 bits per heavy atom. The fourth-order valence-corrected chi connectivity index (χ4v) is 3.05. The van der Waals surface area contributed by atoms with E-state index in [0.717, 1.165) is 18.5 Å². The van der Waals surface area contributed by atoms with E-state index in [9.17, 15) is 4.79 Å². The van der Waals surface area contributed by atoms with Crippen LogP contribution in [0.5, 0.6) is 0 Å². The van der Waals surface area contributed by atoms with Gasteiger partial charge in [-0.1, -0.05) is 0 Å². The second-order valence-corrected chi connectivity index (χ2v) is 5.53. The molecule has 1 aliphatic heterocycles. The molecule has 2 atom stereocenters. The number of carbonyl (C=O) groups is 1. The van der Waals surface area contributed by atoms with Crippen molar-refractivity contribution in [3.63, 3.8) is 0 Å². The summed E-state index contributed by atoms with van der Waals surface area (Å²) in [6.07, 6.45) is 3.54. The predicted molar refractivity (Wildman–Crippen MR) is 82.1 cm³/mol. The van der Waals surface area contributed by atoms with Gasteiger partial charge in [0.25, 0.3) is 0 Å². The van der Waals surface area contributed by atoms with Gasteiger partial charge in [0.1, 0.15) is 0 Å². The molecule has 1 heterocycles. The molecule has 0 radical (unpaired) electrons. The minimum Gasteiger partial charge on any atom is -0.462 e. The quantitative estimate of drug-likeness (QED) is 0.680. The van der Waals surface area contributed by atoms with Gasteiger partial charge >= 0.3 is 5.97 Å². The number of hydrogen-bond acceptors (Lipinski definition) is 4. The number of ether oxygens (including phenoxy) is 1. The summed E-state index contributed by atoms with van der Waals surface area (Å²) in [7, 11) is 0. The van der Waals surface area contributed by atoms with Crippen LogP contribution in [-0.4, -0.2) is 24.7 Å². The van der Waals surface area contributed by atoms with Crippen molar-refractivity contribution in [2.24, 2.45) is 0 Å². The monoisotopic (exact) mass is 276 g/mol. The Bertz CT molecular complexity index is 477. The minimum atomic E-state index is -0.292. The lowest BCUT2D eigenvalue weighted by Crippen LogP contribution is -2.44. The van der Waals surface area contributed by atoms with Gasteiger partial charge in [-0.25, -0.2) is 4.79 Å². The lowest BCUT2D eigenvalue weighted by molar-refractivity contribution is 0.0527. The lowest BCUT2D eigenvalue weighted by atomic mass is 9.95. The molecule has 1 aromatic rings. The molecule has 0 amide bonds. The second kappa shape index (κ2) is 6.16. The molecule has 110 valence electrons. The highest BCUT2D eigenvalue weighted by Crippen LogP contribution is 2.33. The van der Waals surface area contributed by atoms with E-state index in [4.69, 9.17) is 10.5 Å². The van der Waals surface area contributed by atoms with Crippen LogP contribution < -0.4 is 10.6 Å². The molecule has 0 bridgehead atoms. The number of hydrogen-bond donors (Lipinski definition) is 1. The number of carbonyl (C=O) groups excluding carboxylic acids is 1. The van der Waals surface area contributed by atoms with E-state index in [1.54, 1.807) is 6.07 Å². The summed E-state index contributed by atoms with van der Waals surface area (Å²) in [4.78, 5) is 14.5. The van der Waals surface area contributed by atoms with Gasteiger partial charge < -0.3 is 15.4 Å². The summed E-state index contributed by atoms with van der Waals surface area (Å²) in [5.74, 6) is -0.292.